The monoisotopic (exact) mass is 355 g/mol. The minimum Gasteiger partial charge on any atom is -0.486 e. The van der Waals surface area contributed by atoms with Crippen LogP contribution in [0.2, 0.25) is 0 Å². The molecule has 25 heavy (non-hydrogen) atoms. The lowest BCUT2D eigenvalue weighted by atomic mass is 10.2. The zero-order valence-corrected chi connectivity index (χ0v) is 14.4. The van der Waals surface area contributed by atoms with Crippen molar-refractivity contribution in [1.29, 1.82) is 0 Å². The first-order valence-electron chi connectivity index (χ1n) is 8.04. The minimum absolute atomic E-state index is 0.133. The van der Waals surface area contributed by atoms with Gasteiger partial charge in [-0.1, -0.05) is 11.3 Å². The first-order valence-corrected chi connectivity index (χ1v) is 8.92. The molecule has 1 amide bonds. The molecular weight excluding hydrogens is 338 g/mol. The molecule has 4 heterocycles. The van der Waals surface area contributed by atoms with E-state index in [1.807, 2.05) is 39.2 Å². The molecule has 0 spiro atoms. The van der Waals surface area contributed by atoms with Gasteiger partial charge in [0.1, 0.15) is 18.1 Å². The van der Waals surface area contributed by atoms with Gasteiger partial charge < -0.3 is 9.64 Å². The van der Waals surface area contributed by atoms with Gasteiger partial charge in [0.15, 0.2) is 0 Å². The van der Waals surface area contributed by atoms with E-state index in [-0.39, 0.29) is 5.91 Å². The maximum atomic E-state index is 12.5. The largest absolute Gasteiger partial charge is 0.486 e. The van der Waals surface area contributed by atoms with E-state index >= 15 is 0 Å². The van der Waals surface area contributed by atoms with E-state index in [1.165, 1.54) is 0 Å². The highest BCUT2D eigenvalue weighted by Gasteiger charge is 2.25. The Hall–Kier alpha value is -2.74. The first-order chi connectivity index (χ1) is 12.3. The van der Waals surface area contributed by atoms with E-state index in [1.54, 1.807) is 23.7 Å². The summed E-state index contributed by atoms with van der Waals surface area (Å²) in [6, 6.07) is 7.63. The van der Waals surface area contributed by atoms with E-state index in [0.29, 0.717) is 38.4 Å². The molecule has 1 aliphatic rings. The molecular formula is C17H17N5O2S. The molecule has 0 saturated carbocycles. The van der Waals surface area contributed by atoms with Gasteiger partial charge >= 0.3 is 0 Å². The van der Waals surface area contributed by atoms with Gasteiger partial charge in [-0.25, -0.2) is 4.68 Å². The fraction of sp³-hybridized carbons (Fsp3) is 0.294. The molecule has 0 unspecified atom stereocenters. The summed E-state index contributed by atoms with van der Waals surface area (Å²) >= 11 is 1.61. The van der Waals surface area contributed by atoms with Gasteiger partial charge in [-0.2, -0.15) is 0 Å². The number of fused-ring (bicyclic) bond motifs is 1. The molecule has 3 aromatic heterocycles. The van der Waals surface area contributed by atoms with Crippen LogP contribution in [0.15, 0.2) is 42.0 Å². The average molecular weight is 355 g/mol. The van der Waals surface area contributed by atoms with Crippen molar-refractivity contribution >= 4 is 17.2 Å². The highest BCUT2D eigenvalue weighted by atomic mass is 32.1. The quantitative estimate of drug-likeness (QED) is 0.699. The summed E-state index contributed by atoms with van der Waals surface area (Å²) in [6.07, 6.45) is 3.80. The van der Waals surface area contributed by atoms with Crippen LogP contribution in [-0.4, -0.2) is 37.3 Å². The van der Waals surface area contributed by atoms with E-state index in [2.05, 4.69) is 15.3 Å². The molecule has 0 saturated heterocycles. The second kappa shape index (κ2) is 7.02. The second-order valence-corrected chi connectivity index (χ2v) is 6.79. The van der Waals surface area contributed by atoms with Gasteiger partial charge in [-0.3, -0.25) is 9.78 Å². The zero-order chi connectivity index (χ0) is 17.1. The molecule has 0 atom stereocenters. The first kappa shape index (κ1) is 15.8. The number of carbonyl (C=O) groups excluding carboxylic acids is 1. The molecule has 7 nitrogen and oxygen atoms in total. The number of aromatic nitrogens is 4. The van der Waals surface area contributed by atoms with Gasteiger partial charge in [-0.15, -0.1) is 16.4 Å². The molecule has 1 aliphatic heterocycles. The van der Waals surface area contributed by atoms with Crippen LogP contribution in [0, 0.1) is 0 Å². The van der Waals surface area contributed by atoms with Gasteiger partial charge in [-0.05, 0) is 23.6 Å². The predicted molar refractivity (Wildman–Crippen MR) is 92.0 cm³/mol. The summed E-state index contributed by atoms with van der Waals surface area (Å²) < 4.78 is 7.58. The number of thiophene rings is 1. The molecule has 8 heteroatoms. The summed E-state index contributed by atoms with van der Waals surface area (Å²) in [5.41, 5.74) is 1.70. The van der Waals surface area contributed by atoms with Crippen molar-refractivity contribution in [1.82, 2.24) is 24.9 Å². The summed E-state index contributed by atoms with van der Waals surface area (Å²) in [4.78, 5) is 19.5. The summed E-state index contributed by atoms with van der Waals surface area (Å²) in [5, 5.41) is 10.4. The lowest BCUT2D eigenvalue weighted by Crippen LogP contribution is -2.39. The van der Waals surface area contributed by atoms with Crippen LogP contribution in [0.25, 0.3) is 0 Å². The average Bonchev–Trinajstić information content (AvgIpc) is 3.30. The number of pyridine rings is 1. The SMILES string of the molecule is O=C(Cc1cccs1)N1CCn2nnc(COc3cccnc3)c2C1. The van der Waals surface area contributed by atoms with Crippen molar-refractivity contribution in [2.45, 2.75) is 26.1 Å². The summed E-state index contributed by atoms with van der Waals surface area (Å²) in [5.74, 6) is 0.819. The number of hydrogen-bond acceptors (Lipinski definition) is 6. The maximum Gasteiger partial charge on any atom is 0.228 e. The van der Waals surface area contributed by atoms with Crippen LogP contribution >= 0.6 is 11.3 Å². The molecule has 4 rings (SSSR count). The van der Waals surface area contributed by atoms with Crippen molar-refractivity contribution < 1.29 is 9.53 Å². The van der Waals surface area contributed by atoms with Crippen molar-refractivity contribution in [2.24, 2.45) is 0 Å². The van der Waals surface area contributed by atoms with Crippen LogP contribution in [0.1, 0.15) is 16.3 Å². The van der Waals surface area contributed by atoms with Crippen LogP contribution in [0.5, 0.6) is 5.75 Å². The molecule has 3 aromatic rings. The van der Waals surface area contributed by atoms with Gasteiger partial charge in [0, 0.05) is 17.6 Å². The molecule has 128 valence electrons. The number of nitrogens with zero attached hydrogens (tertiary/aromatic N) is 5. The van der Waals surface area contributed by atoms with Gasteiger partial charge in [0.2, 0.25) is 5.91 Å². The second-order valence-electron chi connectivity index (χ2n) is 5.75. The molecule has 0 radical (unpaired) electrons. The van der Waals surface area contributed by atoms with E-state index in [9.17, 15) is 4.79 Å². The third-order valence-corrected chi connectivity index (χ3v) is 4.99. The van der Waals surface area contributed by atoms with Crippen LogP contribution in [0.4, 0.5) is 0 Å². The lowest BCUT2D eigenvalue weighted by molar-refractivity contribution is -0.131. The standard InChI is InChI=1S/C17H17N5O2S/c23-17(9-14-4-2-8-25-14)21-6-7-22-16(11-21)15(19-20-22)12-24-13-3-1-5-18-10-13/h1-5,8,10H,6-7,9,11-12H2. The predicted octanol–water partition coefficient (Wildman–Crippen LogP) is 1.90. The fourth-order valence-corrected chi connectivity index (χ4v) is 3.48. The van der Waals surface area contributed by atoms with Gasteiger partial charge in [0.05, 0.1) is 31.4 Å². The number of carbonyl (C=O) groups is 1. The zero-order valence-electron chi connectivity index (χ0n) is 13.5. The lowest BCUT2D eigenvalue weighted by Gasteiger charge is -2.27. The maximum absolute atomic E-state index is 12.5. The number of rotatable bonds is 5. The van der Waals surface area contributed by atoms with Crippen molar-refractivity contribution in [3.8, 4) is 5.75 Å². The molecule has 0 aromatic carbocycles. The number of hydrogen-bond donors (Lipinski definition) is 0. The Morgan fingerprint density at radius 2 is 2.24 bits per heavy atom. The molecule has 0 bridgehead atoms. The molecule has 0 N–H and O–H groups in total. The van der Waals surface area contributed by atoms with Crippen molar-refractivity contribution in [2.75, 3.05) is 6.54 Å². The van der Waals surface area contributed by atoms with Crippen LogP contribution < -0.4 is 4.74 Å². The highest BCUT2D eigenvalue weighted by Crippen LogP contribution is 2.19. The Kier molecular flexibility index (Phi) is 4.43. The third-order valence-electron chi connectivity index (χ3n) is 4.11. The number of ether oxygens (including phenoxy) is 1. The molecule has 0 fully saturated rings. The van der Waals surface area contributed by atoms with Crippen LogP contribution in [0.3, 0.4) is 0 Å². The third kappa shape index (κ3) is 3.53. The number of amides is 1. The fourth-order valence-electron chi connectivity index (χ4n) is 2.78. The van der Waals surface area contributed by atoms with Crippen molar-refractivity contribution in [3.05, 3.63) is 58.3 Å². The van der Waals surface area contributed by atoms with Crippen molar-refractivity contribution in [3.63, 3.8) is 0 Å². The molecule has 0 aliphatic carbocycles. The van der Waals surface area contributed by atoms with Gasteiger partial charge in [0.25, 0.3) is 0 Å². The van der Waals surface area contributed by atoms with E-state index in [0.717, 1.165) is 16.3 Å². The van der Waals surface area contributed by atoms with Crippen LogP contribution in [-0.2, 0) is 30.9 Å². The minimum atomic E-state index is 0.133. The summed E-state index contributed by atoms with van der Waals surface area (Å²) in [7, 11) is 0. The van der Waals surface area contributed by atoms with E-state index in [4.69, 9.17) is 4.74 Å². The Morgan fingerprint density at radius 1 is 1.28 bits per heavy atom. The Balaban J connectivity index is 1.43. The Labute approximate surface area is 148 Å². The Bertz CT molecular complexity index is 847. The van der Waals surface area contributed by atoms with E-state index < -0.39 is 0 Å². The topological polar surface area (TPSA) is 73.1 Å². The summed E-state index contributed by atoms with van der Waals surface area (Å²) in [6.45, 7) is 2.14. The highest BCUT2D eigenvalue weighted by molar-refractivity contribution is 7.10. The smallest absolute Gasteiger partial charge is 0.228 e. The normalized spacial score (nSPS) is 13.5. The Morgan fingerprint density at radius 3 is 3.04 bits per heavy atom.